The molecule has 2 rings (SSSR count). The molecule has 110 valence electrons. The van der Waals surface area contributed by atoms with Crippen LogP contribution in [0.5, 0.6) is 5.75 Å². The number of nitrogens with two attached hydrogens (primary N) is 1. The molecule has 0 bridgehead atoms. The monoisotopic (exact) mass is 347 g/mol. The highest BCUT2D eigenvalue weighted by Crippen LogP contribution is 2.28. The molecule has 0 unspecified atom stereocenters. The Labute approximate surface area is 133 Å². The van der Waals surface area contributed by atoms with Crippen LogP contribution in [0.1, 0.15) is 34.8 Å². The van der Waals surface area contributed by atoms with Crippen LogP contribution in [0.15, 0.2) is 40.9 Å². The van der Waals surface area contributed by atoms with Crippen molar-refractivity contribution in [2.45, 2.75) is 20.3 Å². The molecule has 0 spiro atoms. The van der Waals surface area contributed by atoms with Gasteiger partial charge in [0.25, 0.3) is 0 Å². The molecule has 0 heterocycles. The third-order valence-corrected chi connectivity index (χ3v) is 3.90. The zero-order chi connectivity index (χ0) is 15.4. The Balaban J connectivity index is 2.32. The third kappa shape index (κ3) is 3.45. The molecule has 4 heteroatoms. The molecule has 0 aliphatic rings. The fourth-order valence-corrected chi connectivity index (χ4v) is 2.52. The van der Waals surface area contributed by atoms with Gasteiger partial charge < -0.3 is 10.5 Å². The van der Waals surface area contributed by atoms with Crippen molar-refractivity contribution in [2.24, 2.45) is 0 Å². The van der Waals surface area contributed by atoms with E-state index in [0.29, 0.717) is 23.4 Å². The van der Waals surface area contributed by atoms with Gasteiger partial charge in [0.1, 0.15) is 5.75 Å². The molecule has 0 atom stereocenters. The maximum absolute atomic E-state index is 12.6. The standard InChI is InChI=1S/C17H18BrNO2/c1-3-9-21-16-8-7-12(10-14(16)18)17(20)13-5-4-6-15(19)11(13)2/h4-8,10H,3,9,19H2,1-2H3. The first kappa shape index (κ1) is 15.6. The highest BCUT2D eigenvalue weighted by Gasteiger charge is 2.14. The van der Waals surface area contributed by atoms with E-state index >= 15 is 0 Å². The molecule has 2 aromatic rings. The molecule has 3 nitrogen and oxygen atoms in total. The molecule has 0 saturated carbocycles. The van der Waals surface area contributed by atoms with Crippen molar-refractivity contribution in [1.82, 2.24) is 0 Å². The number of hydrogen-bond donors (Lipinski definition) is 1. The summed E-state index contributed by atoms with van der Waals surface area (Å²) in [7, 11) is 0. The second kappa shape index (κ2) is 6.76. The smallest absolute Gasteiger partial charge is 0.193 e. The normalized spacial score (nSPS) is 10.4. The summed E-state index contributed by atoms with van der Waals surface area (Å²) >= 11 is 3.45. The van der Waals surface area contributed by atoms with Crippen LogP contribution in [-0.4, -0.2) is 12.4 Å². The lowest BCUT2D eigenvalue weighted by molar-refractivity contribution is 0.103. The van der Waals surface area contributed by atoms with Crippen LogP contribution < -0.4 is 10.5 Å². The molecule has 0 aliphatic heterocycles. The second-order valence-corrected chi connectivity index (χ2v) is 5.70. The van der Waals surface area contributed by atoms with E-state index in [1.54, 1.807) is 30.3 Å². The van der Waals surface area contributed by atoms with Crippen molar-refractivity contribution in [2.75, 3.05) is 12.3 Å². The minimum absolute atomic E-state index is 0.0393. The average molecular weight is 348 g/mol. The van der Waals surface area contributed by atoms with Crippen molar-refractivity contribution < 1.29 is 9.53 Å². The maximum Gasteiger partial charge on any atom is 0.193 e. The van der Waals surface area contributed by atoms with E-state index in [-0.39, 0.29) is 5.78 Å². The van der Waals surface area contributed by atoms with Crippen LogP contribution >= 0.6 is 15.9 Å². The van der Waals surface area contributed by atoms with Crippen LogP contribution in [-0.2, 0) is 0 Å². The summed E-state index contributed by atoms with van der Waals surface area (Å²) in [5.74, 6) is 0.709. The summed E-state index contributed by atoms with van der Waals surface area (Å²) in [5, 5.41) is 0. The third-order valence-electron chi connectivity index (χ3n) is 3.28. The Morgan fingerprint density at radius 1 is 1.29 bits per heavy atom. The number of hydrogen-bond acceptors (Lipinski definition) is 3. The molecular formula is C17H18BrNO2. The molecule has 21 heavy (non-hydrogen) atoms. The molecule has 0 amide bonds. The summed E-state index contributed by atoms with van der Waals surface area (Å²) < 4.78 is 6.37. The van der Waals surface area contributed by atoms with Gasteiger partial charge in [-0.1, -0.05) is 19.1 Å². The van der Waals surface area contributed by atoms with Gasteiger partial charge >= 0.3 is 0 Å². The highest BCUT2D eigenvalue weighted by molar-refractivity contribution is 9.10. The Kier molecular flexibility index (Phi) is 5.02. The van der Waals surface area contributed by atoms with E-state index in [1.807, 2.05) is 19.9 Å². The van der Waals surface area contributed by atoms with Crippen LogP contribution in [0.2, 0.25) is 0 Å². The number of halogens is 1. The van der Waals surface area contributed by atoms with Crippen LogP contribution in [0.25, 0.3) is 0 Å². The van der Waals surface area contributed by atoms with Gasteiger partial charge in [0.05, 0.1) is 11.1 Å². The van der Waals surface area contributed by atoms with Crippen molar-refractivity contribution in [1.29, 1.82) is 0 Å². The summed E-state index contributed by atoms with van der Waals surface area (Å²) in [6.07, 6.45) is 0.940. The Morgan fingerprint density at radius 2 is 2.05 bits per heavy atom. The van der Waals surface area contributed by atoms with E-state index in [9.17, 15) is 4.79 Å². The molecule has 2 N–H and O–H groups in total. The van der Waals surface area contributed by atoms with E-state index in [2.05, 4.69) is 15.9 Å². The molecule has 0 saturated heterocycles. The number of carbonyl (C=O) groups excluding carboxylic acids is 1. The van der Waals surface area contributed by atoms with Crippen LogP contribution in [0.4, 0.5) is 5.69 Å². The summed E-state index contributed by atoms with van der Waals surface area (Å²) in [6, 6.07) is 10.8. The van der Waals surface area contributed by atoms with Gasteiger partial charge in [0.2, 0.25) is 0 Å². The SMILES string of the molecule is CCCOc1ccc(C(=O)c2cccc(N)c2C)cc1Br. The molecule has 0 aliphatic carbocycles. The van der Waals surface area contributed by atoms with Crippen molar-refractivity contribution in [3.8, 4) is 5.75 Å². The summed E-state index contributed by atoms with van der Waals surface area (Å²) in [6.45, 7) is 4.56. The quantitative estimate of drug-likeness (QED) is 0.645. The molecule has 0 radical (unpaired) electrons. The minimum Gasteiger partial charge on any atom is -0.492 e. The van der Waals surface area contributed by atoms with E-state index in [1.165, 1.54) is 0 Å². The number of anilines is 1. The fraction of sp³-hybridized carbons (Fsp3) is 0.235. The van der Waals surface area contributed by atoms with Gasteiger partial charge in [-0.05, 0) is 59.1 Å². The van der Waals surface area contributed by atoms with Crippen LogP contribution in [0.3, 0.4) is 0 Å². The highest BCUT2D eigenvalue weighted by atomic mass is 79.9. The van der Waals surface area contributed by atoms with Gasteiger partial charge in [-0.2, -0.15) is 0 Å². The fourth-order valence-electron chi connectivity index (χ4n) is 2.03. The Bertz CT molecular complexity index is 668. The molecule has 0 fully saturated rings. The van der Waals surface area contributed by atoms with Gasteiger partial charge in [0, 0.05) is 16.8 Å². The second-order valence-electron chi connectivity index (χ2n) is 4.84. The Morgan fingerprint density at radius 3 is 2.71 bits per heavy atom. The zero-order valence-electron chi connectivity index (χ0n) is 12.2. The first-order chi connectivity index (χ1) is 10.0. The van der Waals surface area contributed by atoms with Crippen molar-refractivity contribution in [3.05, 3.63) is 57.6 Å². The predicted molar refractivity (Wildman–Crippen MR) is 89.0 cm³/mol. The first-order valence-electron chi connectivity index (χ1n) is 6.86. The topological polar surface area (TPSA) is 52.3 Å². The summed E-state index contributed by atoms with van der Waals surface area (Å²) in [5.41, 5.74) is 8.54. The number of carbonyl (C=O) groups is 1. The van der Waals surface area contributed by atoms with E-state index in [4.69, 9.17) is 10.5 Å². The van der Waals surface area contributed by atoms with Crippen molar-refractivity contribution in [3.63, 3.8) is 0 Å². The van der Waals surface area contributed by atoms with Gasteiger partial charge in [-0.15, -0.1) is 0 Å². The lowest BCUT2D eigenvalue weighted by Crippen LogP contribution is -2.06. The number of ether oxygens (including phenoxy) is 1. The number of benzene rings is 2. The lowest BCUT2D eigenvalue weighted by Gasteiger charge is -2.10. The van der Waals surface area contributed by atoms with Gasteiger partial charge in [-0.25, -0.2) is 0 Å². The lowest BCUT2D eigenvalue weighted by atomic mass is 9.98. The Hall–Kier alpha value is -1.81. The molecule has 2 aromatic carbocycles. The summed E-state index contributed by atoms with van der Waals surface area (Å²) in [4.78, 5) is 12.6. The number of ketones is 1. The van der Waals surface area contributed by atoms with E-state index in [0.717, 1.165) is 22.2 Å². The van der Waals surface area contributed by atoms with E-state index < -0.39 is 0 Å². The minimum atomic E-state index is -0.0393. The number of rotatable bonds is 5. The van der Waals surface area contributed by atoms with Crippen LogP contribution in [0, 0.1) is 6.92 Å². The molecular weight excluding hydrogens is 330 g/mol. The van der Waals surface area contributed by atoms with Crippen molar-refractivity contribution >= 4 is 27.4 Å². The predicted octanol–water partition coefficient (Wildman–Crippen LogP) is 4.36. The first-order valence-corrected chi connectivity index (χ1v) is 7.66. The molecule has 0 aromatic heterocycles. The zero-order valence-corrected chi connectivity index (χ0v) is 13.7. The average Bonchev–Trinajstić information content (AvgIpc) is 2.48. The largest absolute Gasteiger partial charge is 0.492 e. The maximum atomic E-state index is 12.6. The van der Waals surface area contributed by atoms with Gasteiger partial charge in [-0.3, -0.25) is 4.79 Å². The van der Waals surface area contributed by atoms with Gasteiger partial charge in [0.15, 0.2) is 5.78 Å². The number of nitrogen functional groups attached to an aromatic ring is 1.